The van der Waals surface area contributed by atoms with Crippen LogP contribution in [-0.2, 0) is 0 Å². The zero-order valence-corrected chi connectivity index (χ0v) is 15.9. The molecular formula is C18H38N6. The van der Waals surface area contributed by atoms with Gasteiger partial charge in [-0.05, 0) is 65.5 Å². The molecule has 2 aliphatic rings. The van der Waals surface area contributed by atoms with Gasteiger partial charge in [-0.1, -0.05) is 6.42 Å². The van der Waals surface area contributed by atoms with Crippen molar-refractivity contribution < 1.29 is 0 Å². The van der Waals surface area contributed by atoms with Crippen molar-refractivity contribution in [1.29, 1.82) is 0 Å². The molecule has 0 radical (unpaired) electrons. The number of likely N-dealkylation sites (tertiary alicyclic amines) is 1. The lowest BCUT2D eigenvalue weighted by atomic mass is 10.1. The smallest absolute Gasteiger partial charge is 0.191 e. The van der Waals surface area contributed by atoms with Crippen molar-refractivity contribution in [1.82, 2.24) is 25.3 Å². The number of nitrogens with zero attached hydrogens (tertiary/aromatic N) is 4. The van der Waals surface area contributed by atoms with Gasteiger partial charge in [0.25, 0.3) is 0 Å². The Morgan fingerprint density at radius 3 is 2.29 bits per heavy atom. The lowest BCUT2D eigenvalue weighted by molar-refractivity contribution is 0.232. The van der Waals surface area contributed by atoms with E-state index in [2.05, 4.69) is 37.4 Å². The van der Waals surface area contributed by atoms with E-state index in [9.17, 15) is 0 Å². The van der Waals surface area contributed by atoms with Crippen LogP contribution in [0.3, 0.4) is 0 Å². The molecule has 140 valence electrons. The molecule has 0 unspecified atom stereocenters. The third kappa shape index (κ3) is 7.81. The van der Waals surface area contributed by atoms with E-state index in [1.54, 1.807) is 0 Å². The van der Waals surface area contributed by atoms with Gasteiger partial charge in [0.15, 0.2) is 5.96 Å². The van der Waals surface area contributed by atoms with E-state index in [-0.39, 0.29) is 0 Å². The Labute approximate surface area is 148 Å². The van der Waals surface area contributed by atoms with Gasteiger partial charge in [-0.15, -0.1) is 0 Å². The van der Waals surface area contributed by atoms with Crippen LogP contribution in [0.15, 0.2) is 4.99 Å². The van der Waals surface area contributed by atoms with E-state index in [1.165, 1.54) is 77.9 Å². The average Bonchev–Trinajstić information content (AvgIpc) is 2.82. The number of hydrogen-bond donors (Lipinski definition) is 2. The van der Waals surface area contributed by atoms with Crippen LogP contribution in [0.5, 0.6) is 0 Å². The molecule has 0 spiro atoms. The lowest BCUT2D eigenvalue weighted by Crippen LogP contribution is -2.43. The van der Waals surface area contributed by atoms with Gasteiger partial charge in [0.2, 0.25) is 0 Å². The Kier molecular flexibility index (Phi) is 9.46. The molecule has 6 nitrogen and oxygen atoms in total. The summed E-state index contributed by atoms with van der Waals surface area (Å²) in [5, 5.41) is 6.90. The topological polar surface area (TPSA) is 46.1 Å². The molecule has 2 saturated heterocycles. The first-order chi connectivity index (χ1) is 11.8. The monoisotopic (exact) mass is 338 g/mol. The van der Waals surface area contributed by atoms with Gasteiger partial charge >= 0.3 is 0 Å². The van der Waals surface area contributed by atoms with Crippen LogP contribution in [0.2, 0.25) is 0 Å². The van der Waals surface area contributed by atoms with Crippen LogP contribution < -0.4 is 10.6 Å². The quantitative estimate of drug-likeness (QED) is 0.406. The number of aliphatic imine (C=N–C) groups is 1. The highest BCUT2D eigenvalue weighted by molar-refractivity contribution is 5.79. The summed E-state index contributed by atoms with van der Waals surface area (Å²) in [6.45, 7) is 11.7. The molecule has 2 heterocycles. The second-order valence-electron chi connectivity index (χ2n) is 7.18. The lowest BCUT2D eigenvalue weighted by Gasteiger charge is -2.26. The van der Waals surface area contributed by atoms with Gasteiger partial charge in [-0.25, -0.2) is 0 Å². The first kappa shape index (κ1) is 19.5. The summed E-state index contributed by atoms with van der Waals surface area (Å²) in [6, 6.07) is 0. The number of hydrogen-bond acceptors (Lipinski definition) is 4. The second kappa shape index (κ2) is 11.7. The van der Waals surface area contributed by atoms with Crippen LogP contribution >= 0.6 is 0 Å². The van der Waals surface area contributed by atoms with Gasteiger partial charge < -0.3 is 25.3 Å². The summed E-state index contributed by atoms with van der Waals surface area (Å²) < 4.78 is 0. The zero-order chi connectivity index (χ0) is 17.0. The molecule has 0 saturated carbocycles. The van der Waals surface area contributed by atoms with E-state index in [0.29, 0.717) is 0 Å². The fourth-order valence-electron chi connectivity index (χ4n) is 3.57. The Bertz CT molecular complexity index is 353. The minimum atomic E-state index is 0.947. The highest BCUT2D eigenvalue weighted by Crippen LogP contribution is 2.07. The van der Waals surface area contributed by atoms with Crippen LogP contribution in [0.4, 0.5) is 0 Å². The molecule has 0 atom stereocenters. The van der Waals surface area contributed by atoms with Crippen LogP contribution in [0, 0.1) is 0 Å². The fraction of sp³-hybridized carbons (Fsp3) is 0.944. The average molecular weight is 339 g/mol. The number of rotatable bonds is 7. The fourth-order valence-corrected chi connectivity index (χ4v) is 3.57. The van der Waals surface area contributed by atoms with Crippen LogP contribution in [-0.4, -0.2) is 100 Å². The third-order valence-electron chi connectivity index (χ3n) is 5.15. The standard InChI is InChI=1S/C18H38N6/c1-19-18(21-9-15-23-11-4-3-5-12-23)20-8-6-13-24-14-7-10-22(2)16-17-24/h3-17H2,1-2H3,(H2,19,20,21). The van der Waals surface area contributed by atoms with Gasteiger partial charge in [-0.3, -0.25) is 4.99 Å². The number of guanidine groups is 1. The molecule has 2 rings (SSSR count). The third-order valence-corrected chi connectivity index (χ3v) is 5.15. The summed E-state index contributed by atoms with van der Waals surface area (Å²) in [4.78, 5) is 11.9. The molecule has 2 aliphatic heterocycles. The molecule has 24 heavy (non-hydrogen) atoms. The summed E-state index contributed by atoms with van der Waals surface area (Å²) in [6.07, 6.45) is 6.60. The van der Waals surface area contributed by atoms with Crippen molar-refractivity contribution in [2.75, 3.05) is 79.5 Å². The Morgan fingerprint density at radius 2 is 1.50 bits per heavy atom. The van der Waals surface area contributed by atoms with E-state index in [4.69, 9.17) is 0 Å². The molecule has 0 aromatic carbocycles. The molecule has 0 aromatic rings. The highest BCUT2D eigenvalue weighted by Gasteiger charge is 2.11. The van der Waals surface area contributed by atoms with Crippen LogP contribution in [0.1, 0.15) is 32.1 Å². The number of nitrogens with one attached hydrogen (secondary N) is 2. The second-order valence-corrected chi connectivity index (χ2v) is 7.18. The van der Waals surface area contributed by atoms with Crippen molar-refractivity contribution in [3.63, 3.8) is 0 Å². The normalized spacial score (nSPS) is 22.3. The van der Waals surface area contributed by atoms with Gasteiger partial charge in [0.05, 0.1) is 0 Å². The molecule has 0 aromatic heterocycles. The van der Waals surface area contributed by atoms with Crippen molar-refractivity contribution in [3.8, 4) is 0 Å². The maximum atomic E-state index is 4.34. The van der Waals surface area contributed by atoms with E-state index >= 15 is 0 Å². The molecule has 0 aliphatic carbocycles. The SMILES string of the molecule is CN=C(NCCCN1CCCN(C)CC1)NCCN1CCCCC1. The maximum absolute atomic E-state index is 4.34. The van der Waals surface area contributed by atoms with E-state index < -0.39 is 0 Å². The Balaban J connectivity index is 1.51. The molecule has 6 heteroatoms. The molecule has 0 bridgehead atoms. The van der Waals surface area contributed by atoms with E-state index in [1.807, 2.05) is 7.05 Å². The number of piperidine rings is 1. The molecule has 0 amide bonds. The predicted molar refractivity (Wildman–Crippen MR) is 103 cm³/mol. The maximum Gasteiger partial charge on any atom is 0.191 e. The van der Waals surface area contributed by atoms with Gasteiger partial charge in [0, 0.05) is 39.8 Å². The molecule has 2 fully saturated rings. The Hall–Kier alpha value is -0.850. The summed E-state index contributed by atoms with van der Waals surface area (Å²) in [5.41, 5.74) is 0. The largest absolute Gasteiger partial charge is 0.356 e. The van der Waals surface area contributed by atoms with E-state index in [0.717, 1.165) is 25.6 Å². The molecular weight excluding hydrogens is 300 g/mol. The van der Waals surface area contributed by atoms with Crippen LogP contribution in [0.25, 0.3) is 0 Å². The zero-order valence-electron chi connectivity index (χ0n) is 15.9. The minimum Gasteiger partial charge on any atom is -0.356 e. The molecule has 2 N–H and O–H groups in total. The van der Waals surface area contributed by atoms with Gasteiger partial charge in [-0.2, -0.15) is 0 Å². The Morgan fingerprint density at radius 1 is 0.792 bits per heavy atom. The van der Waals surface area contributed by atoms with Crippen molar-refractivity contribution in [2.45, 2.75) is 32.1 Å². The van der Waals surface area contributed by atoms with Gasteiger partial charge in [0.1, 0.15) is 0 Å². The first-order valence-corrected chi connectivity index (χ1v) is 9.85. The van der Waals surface area contributed by atoms with Crippen molar-refractivity contribution >= 4 is 5.96 Å². The first-order valence-electron chi connectivity index (χ1n) is 9.85. The summed E-state index contributed by atoms with van der Waals surface area (Å²) in [5.74, 6) is 0.947. The predicted octanol–water partition coefficient (Wildman–Crippen LogP) is 0.665. The minimum absolute atomic E-state index is 0.947. The van der Waals surface area contributed by atoms with Crippen molar-refractivity contribution in [2.24, 2.45) is 4.99 Å². The summed E-state index contributed by atoms with van der Waals surface area (Å²) >= 11 is 0. The summed E-state index contributed by atoms with van der Waals surface area (Å²) in [7, 11) is 4.09. The highest BCUT2D eigenvalue weighted by atomic mass is 15.2. The number of likely N-dealkylation sites (N-methyl/N-ethyl adjacent to an activating group) is 1. The van der Waals surface area contributed by atoms with Crippen molar-refractivity contribution in [3.05, 3.63) is 0 Å².